The van der Waals surface area contributed by atoms with E-state index in [-0.39, 0.29) is 11.6 Å². The van der Waals surface area contributed by atoms with Gasteiger partial charge in [-0.15, -0.1) is 0 Å². The summed E-state index contributed by atoms with van der Waals surface area (Å²) in [5.74, 6) is 0. The fraction of sp³-hybridized carbons (Fsp3) is 0.750. The molecule has 1 atom stereocenters. The lowest BCUT2D eigenvalue weighted by atomic mass is 10.1. The van der Waals surface area contributed by atoms with Crippen LogP contribution >= 0.6 is 0 Å². The van der Waals surface area contributed by atoms with Crippen molar-refractivity contribution < 1.29 is 5.11 Å². The Morgan fingerprint density at radius 1 is 1.50 bits per heavy atom. The number of nitrogens with zero attached hydrogens (tertiary/aromatic N) is 2. The van der Waals surface area contributed by atoms with Crippen molar-refractivity contribution in [1.82, 2.24) is 15.1 Å². The third kappa shape index (κ3) is 4.33. The molecule has 92 valence electrons. The largest absolute Gasteiger partial charge is 0.393 e. The maximum atomic E-state index is 9.10. The number of rotatable bonds is 5. The third-order valence-corrected chi connectivity index (χ3v) is 2.39. The molecule has 0 aromatic carbocycles. The van der Waals surface area contributed by atoms with Crippen LogP contribution in [-0.2, 0) is 12.1 Å². The molecule has 4 nitrogen and oxygen atoms in total. The van der Waals surface area contributed by atoms with Gasteiger partial charge in [-0.05, 0) is 40.7 Å². The summed E-state index contributed by atoms with van der Waals surface area (Å²) in [5.41, 5.74) is 1.22. The molecular weight excluding hydrogens is 202 g/mol. The number of aliphatic hydroxyl groups excluding tert-OH is 1. The monoisotopic (exact) mass is 225 g/mol. The predicted octanol–water partition coefficient (Wildman–Crippen LogP) is 1.50. The van der Waals surface area contributed by atoms with Crippen molar-refractivity contribution in [2.75, 3.05) is 6.54 Å². The summed E-state index contributed by atoms with van der Waals surface area (Å²) in [7, 11) is 0. The quantitative estimate of drug-likeness (QED) is 0.747. The van der Waals surface area contributed by atoms with Crippen molar-refractivity contribution in [1.29, 1.82) is 0 Å². The van der Waals surface area contributed by atoms with Gasteiger partial charge in [-0.3, -0.25) is 4.68 Å². The minimum absolute atomic E-state index is 0.0395. The molecule has 0 spiro atoms. The molecule has 0 aliphatic rings. The van der Waals surface area contributed by atoms with Crippen LogP contribution in [-0.4, -0.2) is 27.5 Å². The van der Waals surface area contributed by atoms with Gasteiger partial charge in [-0.25, -0.2) is 0 Å². The highest BCUT2D eigenvalue weighted by Gasteiger charge is 2.13. The fourth-order valence-corrected chi connectivity index (χ4v) is 1.36. The molecule has 4 heteroatoms. The second-order valence-corrected chi connectivity index (χ2v) is 5.28. The van der Waals surface area contributed by atoms with Crippen LogP contribution in [0.25, 0.3) is 0 Å². The Kier molecular flexibility index (Phi) is 4.50. The van der Waals surface area contributed by atoms with E-state index >= 15 is 0 Å². The van der Waals surface area contributed by atoms with Gasteiger partial charge in [-0.1, -0.05) is 0 Å². The average molecular weight is 225 g/mol. The summed E-state index contributed by atoms with van der Waals surface area (Å²) in [5, 5.41) is 16.7. The van der Waals surface area contributed by atoms with Crippen molar-refractivity contribution in [3.63, 3.8) is 0 Å². The zero-order valence-corrected chi connectivity index (χ0v) is 10.7. The smallest absolute Gasteiger partial charge is 0.0543 e. The summed E-state index contributed by atoms with van der Waals surface area (Å²) in [4.78, 5) is 0. The van der Waals surface area contributed by atoms with Crippen LogP contribution in [0.3, 0.4) is 0 Å². The Labute approximate surface area is 97.7 Å². The van der Waals surface area contributed by atoms with Gasteiger partial charge in [0, 0.05) is 18.3 Å². The Morgan fingerprint density at radius 2 is 2.19 bits per heavy atom. The van der Waals surface area contributed by atoms with Crippen LogP contribution in [0.1, 0.15) is 39.7 Å². The van der Waals surface area contributed by atoms with Crippen molar-refractivity contribution in [3.05, 3.63) is 18.0 Å². The Balaban J connectivity index is 2.36. The van der Waals surface area contributed by atoms with E-state index in [0.717, 1.165) is 19.5 Å². The van der Waals surface area contributed by atoms with Crippen LogP contribution in [0, 0.1) is 0 Å². The lowest BCUT2D eigenvalue weighted by Gasteiger charge is -2.18. The molecule has 1 aromatic rings. The highest BCUT2D eigenvalue weighted by molar-refractivity contribution is 5.04. The van der Waals surface area contributed by atoms with E-state index in [9.17, 15) is 0 Å². The zero-order valence-electron chi connectivity index (χ0n) is 10.7. The van der Waals surface area contributed by atoms with E-state index in [4.69, 9.17) is 5.11 Å². The molecular formula is C12H23N3O. The minimum atomic E-state index is -0.232. The molecule has 1 heterocycles. The number of nitrogens with one attached hydrogen (secondary N) is 1. The van der Waals surface area contributed by atoms with Crippen LogP contribution < -0.4 is 5.32 Å². The standard InChI is InChI=1S/C12H23N3O/c1-10(16)5-6-13-7-11-8-14-15(9-11)12(2,3)4/h8-10,13,16H,5-7H2,1-4H3. The summed E-state index contributed by atoms with van der Waals surface area (Å²) in [6.07, 6.45) is 4.51. The summed E-state index contributed by atoms with van der Waals surface area (Å²) in [6, 6.07) is 0. The second-order valence-electron chi connectivity index (χ2n) is 5.28. The summed E-state index contributed by atoms with van der Waals surface area (Å²) < 4.78 is 1.97. The first-order chi connectivity index (χ1) is 7.39. The van der Waals surface area contributed by atoms with Gasteiger partial charge >= 0.3 is 0 Å². The normalized spacial score (nSPS) is 14.1. The van der Waals surface area contributed by atoms with E-state index in [1.165, 1.54) is 5.56 Å². The van der Waals surface area contributed by atoms with Gasteiger partial charge < -0.3 is 10.4 Å². The molecule has 0 amide bonds. The van der Waals surface area contributed by atoms with Gasteiger partial charge in [-0.2, -0.15) is 5.10 Å². The van der Waals surface area contributed by atoms with E-state index in [1.807, 2.05) is 10.9 Å². The van der Waals surface area contributed by atoms with E-state index < -0.39 is 0 Å². The number of aromatic nitrogens is 2. The van der Waals surface area contributed by atoms with Crippen LogP contribution in [0.5, 0.6) is 0 Å². The van der Waals surface area contributed by atoms with Crippen molar-refractivity contribution in [2.24, 2.45) is 0 Å². The van der Waals surface area contributed by atoms with Gasteiger partial charge in [0.15, 0.2) is 0 Å². The van der Waals surface area contributed by atoms with Gasteiger partial charge in [0.1, 0.15) is 0 Å². The first-order valence-corrected chi connectivity index (χ1v) is 5.82. The fourth-order valence-electron chi connectivity index (χ4n) is 1.36. The first-order valence-electron chi connectivity index (χ1n) is 5.82. The molecule has 0 fully saturated rings. The predicted molar refractivity (Wildman–Crippen MR) is 65.2 cm³/mol. The maximum Gasteiger partial charge on any atom is 0.0543 e. The molecule has 0 aliphatic heterocycles. The second kappa shape index (κ2) is 5.46. The van der Waals surface area contributed by atoms with E-state index in [0.29, 0.717) is 0 Å². The third-order valence-electron chi connectivity index (χ3n) is 2.39. The van der Waals surface area contributed by atoms with Gasteiger partial charge in [0.25, 0.3) is 0 Å². The molecule has 16 heavy (non-hydrogen) atoms. The van der Waals surface area contributed by atoms with Crippen molar-refractivity contribution >= 4 is 0 Å². The zero-order chi connectivity index (χ0) is 12.2. The van der Waals surface area contributed by atoms with Gasteiger partial charge in [0.05, 0.1) is 17.8 Å². The van der Waals surface area contributed by atoms with Crippen LogP contribution in [0.2, 0.25) is 0 Å². The van der Waals surface area contributed by atoms with Gasteiger partial charge in [0.2, 0.25) is 0 Å². The Morgan fingerprint density at radius 3 is 2.69 bits per heavy atom. The van der Waals surface area contributed by atoms with E-state index in [1.54, 1.807) is 6.92 Å². The van der Waals surface area contributed by atoms with Crippen LogP contribution in [0.4, 0.5) is 0 Å². The Hall–Kier alpha value is -0.870. The first kappa shape index (κ1) is 13.2. The molecule has 0 saturated carbocycles. The van der Waals surface area contributed by atoms with Crippen molar-refractivity contribution in [3.8, 4) is 0 Å². The minimum Gasteiger partial charge on any atom is -0.393 e. The summed E-state index contributed by atoms with van der Waals surface area (Å²) >= 11 is 0. The Bertz CT molecular complexity index is 312. The topological polar surface area (TPSA) is 50.1 Å². The summed E-state index contributed by atoms with van der Waals surface area (Å²) in [6.45, 7) is 9.83. The van der Waals surface area contributed by atoms with Crippen molar-refractivity contribution in [2.45, 2.75) is 52.3 Å². The molecule has 0 aliphatic carbocycles. The maximum absolute atomic E-state index is 9.10. The molecule has 1 rings (SSSR count). The van der Waals surface area contributed by atoms with Crippen LogP contribution in [0.15, 0.2) is 12.4 Å². The molecule has 0 radical (unpaired) electrons. The highest BCUT2D eigenvalue weighted by Crippen LogP contribution is 2.12. The average Bonchev–Trinajstić information content (AvgIpc) is 2.59. The molecule has 1 unspecified atom stereocenters. The molecule has 0 saturated heterocycles. The molecule has 1 aromatic heterocycles. The highest BCUT2D eigenvalue weighted by atomic mass is 16.3. The van der Waals surface area contributed by atoms with E-state index in [2.05, 4.69) is 37.4 Å². The number of aliphatic hydroxyl groups is 1. The molecule has 2 N–H and O–H groups in total. The number of hydrogen-bond donors (Lipinski definition) is 2. The lowest BCUT2D eigenvalue weighted by Crippen LogP contribution is -2.22. The lowest BCUT2D eigenvalue weighted by molar-refractivity contribution is 0.183. The number of hydrogen-bond acceptors (Lipinski definition) is 3. The SMILES string of the molecule is CC(O)CCNCc1cnn(C(C)(C)C)c1. The molecule has 0 bridgehead atoms.